The van der Waals surface area contributed by atoms with Crippen LogP contribution in [0.25, 0.3) is 0 Å². The van der Waals surface area contributed by atoms with Gasteiger partial charge >= 0.3 is 0 Å². The summed E-state index contributed by atoms with van der Waals surface area (Å²) >= 11 is 0. The highest BCUT2D eigenvalue weighted by molar-refractivity contribution is 7.91. The number of anilines is 1. The van der Waals surface area contributed by atoms with Gasteiger partial charge in [-0.1, -0.05) is 0 Å². The summed E-state index contributed by atoms with van der Waals surface area (Å²) in [4.78, 5) is 0.210. The van der Waals surface area contributed by atoms with Crippen molar-refractivity contribution in [3.8, 4) is 0 Å². The molecule has 170 valence electrons. The van der Waals surface area contributed by atoms with Crippen LogP contribution in [0.15, 0.2) is 58.3 Å². The van der Waals surface area contributed by atoms with Crippen LogP contribution in [0.2, 0.25) is 0 Å². The SMILES string of the molecule is CC(C)S(=O)(=O)NC1CCC(CNc2ccc(S(=O)(=O)c3ccc(F)cc3)cc2)CC1. The molecule has 0 amide bonds. The van der Waals surface area contributed by atoms with Gasteiger partial charge in [0.1, 0.15) is 5.82 Å². The fraction of sp³-hybridized carbons (Fsp3) is 0.455. The molecule has 3 rings (SSSR count). The summed E-state index contributed by atoms with van der Waals surface area (Å²) in [6.45, 7) is 4.09. The normalized spacial score (nSPS) is 20.0. The Kier molecular flexibility index (Phi) is 7.39. The molecule has 1 aliphatic rings. The van der Waals surface area contributed by atoms with Crippen molar-refractivity contribution in [3.05, 3.63) is 54.3 Å². The molecule has 0 unspecified atom stereocenters. The van der Waals surface area contributed by atoms with E-state index in [0.717, 1.165) is 50.0 Å². The number of hydrogen-bond acceptors (Lipinski definition) is 5. The van der Waals surface area contributed by atoms with E-state index in [2.05, 4.69) is 10.0 Å². The first-order chi connectivity index (χ1) is 14.6. The summed E-state index contributed by atoms with van der Waals surface area (Å²) in [6.07, 6.45) is 3.48. The molecule has 0 atom stereocenters. The molecule has 1 fully saturated rings. The van der Waals surface area contributed by atoms with E-state index in [1.54, 1.807) is 38.1 Å². The molecule has 6 nitrogen and oxygen atoms in total. The molecule has 2 N–H and O–H groups in total. The van der Waals surface area contributed by atoms with Crippen molar-refractivity contribution in [3.63, 3.8) is 0 Å². The van der Waals surface area contributed by atoms with Crippen molar-refractivity contribution < 1.29 is 21.2 Å². The van der Waals surface area contributed by atoms with Crippen LogP contribution in [0, 0.1) is 11.7 Å². The third-order valence-corrected chi connectivity index (χ3v) is 9.37. The van der Waals surface area contributed by atoms with Gasteiger partial charge in [0, 0.05) is 18.3 Å². The first-order valence-corrected chi connectivity index (χ1v) is 13.5. The lowest BCUT2D eigenvalue weighted by molar-refractivity contribution is 0.323. The van der Waals surface area contributed by atoms with Crippen LogP contribution < -0.4 is 10.0 Å². The highest BCUT2D eigenvalue weighted by Gasteiger charge is 2.26. The zero-order valence-corrected chi connectivity index (χ0v) is 19.3. The minimum atomic E-state index is -3.69. The van der Waals surface area contributed by atoms with Crippen molar-refractivity contribution in [1.29, 1.82) is 0 Å². The summed E-state index contributed by atoms with van der Waals surface area (Å²) in [7, 11) is -6.93. The van der Waals surface area contributed by atoms with E-state index < -0.39 is 30.9 Å². The summed E-state index contributed by atoms with van der Waals surface area (Å²) in [5.74, 6) is -0.0488. The van der Waals surface area contributed by atoms with E-state index in [9.17, 15) is 21.2 Å². The molecule has 0 spiro atoms. The van der Waals surface area contributed by atoms with Crippen LogP contribution in [-0.4, -0.2) is 34.7 Å². The lowest BCUT2D eigenvalue weighted by Gasteiger charge is -2.29. The Hall–Kier alpha value is -1.97. The lowest BCUT2D eigenvalue weighted by Crippen LogP contribution is -2.41. The zero-order chi connectivity index (χ0) is 22.6. The van der Waals surface area contributed by atoms with Crippen molar-refractivity contribution in [2.24, 2.45) is 5.92 Å². The number of halogens is 1. The quantitative estimate of drug-likeness (QED) is 0.572. The van der Waals surface area contributed by atoms with Gasteiger partial charge in [0.2, 0.25) is 19.9 Å². The predicted molar refractivity (Wildman–Crippen MR) is 120 cm³/mol. The molecule has 0 aliphatic heterocycles. The van der Waals surface area contributed by atoms with Crippen molar-refractivity contribution in [2.75, 3.05) is 11.9 Å². The molecule has 0 bridgehead atoms. The third kappa shape index (κ3) is 6.05. The van der Waals surface area contributed by atoms with Crippen molar-refractivity contribution in [1.82, 2.24) is 4.72 Å². The summed E-state index contributed by atoms with van der Waals surface area (Å²) < 4.78 is 65.2. The highest BCUT2D eigenvalue weighted by atomic mass is 32.2. The third-order valence-electron chi connectivity index (χ3n) is 5.68. The van der Waals surface area contributed by atoms with E-state index in [0.29, 0.717) is 5.92 Å². The van der Waals surface area contributed by atoms with E-state index in [4.69, 9.17) is 0 Å². The molecule has 1 saturated carbocycles. The number of nitrogens with one attached hydrogen (secondary N) is 2. The van der Waals surface area contributed by atoms with E-state index in [-0.39, 0.29) is 15.8 Å². The minimum Gasteiger partial charge on any atom is -0.385 e. The van der Waals surface area contributed by atoms with Gasteiger partial charge in [-0.05, 0) is 94.0 Å². The Morgan fingerprint density at radius 2 is 1.39 bits per heavy atom. The van der Waals surface area contributed by atoms with Crippen LogP contribution in [0.3, 0.4) is 0 Å². The summed E-state index contributed by atoms with van der Waals surface area (Å²) in [6, 6.07) is 11.3. The summed E-state index contributed by atoms with van der Waals surface area (Å²) in [5, 5.41) is 2.91. The van der Waals surface area contributed by atoms with E-state index in [1.807, 2.05) is 0 Å². The minimum absolute atomic E-state index is 0.000369. The lowest BCUT2D eigenvalue weighted by atomic mass is 9.86. The number of hydrogen-bond donors (Lipinski definition) is 2. The molecule has 0 saturated heterocycles. The van der Waals surface area contributed by atoms with Crippen molar-refractivity contribution in [2.45, 2.75) is 60.6 Å². The van der Waals surface area contributed by atoms with Gasteiger partial charge in [0.05, 0.1) is 15.0 Å². The van der Waals surface area contributed by atoms with Crippen LogP contribution >= 0.6 is 0 Å². The standard InChI is InChI=1S/C22H29FN2O4S2/c1-16(2)31(28,29)25-20-7-3-17(4-8-20)15-24-19-9-13-22(14-10-19)30(26,27)21-11-5-18(23)6-12-21/h5-6,9-14,16-17,20,24-25H,3-4,7-8,15H2,1-2H3. The maximum Gasteiger partial charge on any atom is 0.214 e. The van der Waals surface area contributed by atoms with Crippen LogP contribution in [0.5, 0.6) is 0 Å². The van der Waals surface area contributed by atoms with Gasteiger partial charge in [-0.15, -0.1) is 0 Å². The number of rotatable bonds is 8. The monoisotopic (exact) mass is 468 g/mol. The van der Waals surface area contributed by atoms with Crippen LogP contribution in [0.1, 0.15) is 39.5 Å². The number of sulfone groups is 1. The molecular weight excluding hydrogens is 439 g/mol. The fourth-order valence-corrected chi connectivity index (χ4v) is 5.85. The highest BCUT2D eigenvalue weighted by Crippen LogP contribution is 2.26. The molecule has 0 radical (unpaired) electrons. The zero-order valence-electron chi connectivity index (χ0n) is 17.7. The van der Waals surface area contributed by atoms with Gasteiger partial charge in [-0.25, -0.2) is 25.9 Å². The van der Waals surface area contributed by atoms with Gasteiger partial charge < -0.3 is 5.32 Å². The summed E-state index contributed by atoms with van der Waals surface area (Å²) in [5.41, 5.74) is 0.820. The first kappa shape index (κ1) is 23.7. The van der Waals surface area contributed by atoms with Gasteiger partial charge in [-0.2, -0.15) is 0 Å². The molecule has 1 aliphatic carbocycles. The smallest absolute Gasteiger partial charge is 0.214 e. The van der Waals surface area contributed by atoms with E-state index >= 15 is 0 Å². The second kappa shape index (κ2) is 9.67. The Morgan fingerprint density at radius 3 is 1.90 bits per heavy atom. The maximum atomic E-state index is 13.1. The van der Waals surface area contributed by atoms with Gasteiger partial charge in [-0.3, -0.25) is 0 Å². The topological polar surface area (TPSA) is 92.3 Å². The Balaban J connectivity index is 1.52. The average molecular weight is 469 g/mol. The molecular formula is C22H29FN2O4S2. The molecule has 31 heavy (non-hydrogen) atoms. The van der Waals surface area contributed by atoms with Gasteiger partial charge in [0.15, 0.2) is 0 Å². The number of sulfonamides is 1. The van der Waals surface area contributed by atoms with Gasteiger partial charge in [0.25, 0.3) is 0 Å². The molecule has 0 heterocycles. The maximum absolute atomic E-state index is 13.1. The molecule has 2 aromatic carbocycles. The van der Waals surface area contributed by atoms with Crippen molar-refractivity contribution >= 4 is 25.5 Å². The Bertz CT molecular complexity index is 1080. The predicted octanol–water partition coefficient (Wildman–Crippen LogP) is 3.96. The van der Waals surface area contributed by atoms with Crippen LogP contribution in [0.4, 0.5) is 10.1 Å². The Morgan fingerprint density at radius 1 is 0.871 bits per heavy atom. The second-order valence-electron chi connectivity index (χ2n) is 8.29. The first-order valence-electron chi connectivity index (χ1n) is 10.4. The fourth-order valence-electron chi connectivity index (χ4n) is 3.62. The van der Waals surface area contributed by atoms with E-state index in [1.165, 1.54) is 12.1 Å². The number of benzene rings is 2. The Labute approximate surface area is 184 Å². The average Bonchev–Trinajstić information content (AvgIpc) is 2.73. The largest absolute Gasteiger partial charge is 0.385 e. The second-order valence-corrected chi connectivity index (χ2v) is 12.5. The molecule has 9 heteroatoms. The molecule has 2 aromatic rings. The van der Waals surface area contributed by atoms with Crippen LogP contribution in [-0.2, 0) is 19.9 Å². The molecule has 0 aromatic heterocycles.